The van der Waals surface area contributed by atoms with Crippen LogP contribution in [0.4, 0.5) is 13.2 Å². The van der Waals surface area contributed by atoms with Crippen LogP contribution in [0, 0.1) is 0 Å². The van der Waals surface area contributed by atoms with Gasteiger partial charge in [0.2, 0.25) is 0 Å². The third-order valence-corrected chi connectivity index (χ3v) is 1.95. The molecule has 0 amide bonds. The molecule has 0 aliphatic rings. The monoisotopic (exact) mass is 284 g/mol. The Morgan fingerprint density at radius 2 is 1.73 bits per heavy atom. The lowest BCUT2D eigenvalue weighted by atomic mass is 10.2. The second-order valence-electron chi connectivity index (χ2n) is 2.29. The molecule has 0 radical (unpaired) electrons. The average Bonchev–Trinajstić information content (AvgIpc) is 2.19. The number of hydrogen-bond donors (Lipinski definition) is 0. The highest BCUT2D eigenvalue weighted by molar-refractivity contribution is 9.08. The van der Waals surface area contributed by atoms with Crippen molar-refractivity contribution in [2.24, 2.45) is 0 Å². The van der Waals surface area contributed by atoms with Crippen LogP contribution < -0.4 is 4.74 Å². The van der Waals surface area contributed by atoms with Crippen molar-refractivity contribution in [1.29, 1.82) is 0 Å². The van der Waals surface area contributed by atoms with Crippen LogP contribution in [0.3, 0.4) is 0 Å². The highest BCUT2D eigenvalue weighted by Gasteiger charge is 2.31. The Morgan fingerprint density at radius 3 is 2.20 bits per heavy atom. The third-order valence-electron chi connectivity index (χ3n) is 1.34. The lowest BCUT2D eigenvalue weighted by Crippen LogP contribution is -2.17. The SMILES string of the molecule is CC.FC(F)(F)Oc1ccccc1CBr. The molecule has 0 unspecified atom stereocenters. The van der Waals surface area contributed by atoms with Gasteiger partial charge in [-0.1, -0.05) is 48.0 Å². The standard InChI is InChI=1S/C8H6BrF3O.C2H6/c9-5-6-3-1-2-4-7(6)13-8(10,11)12;1-2/h1-4H,5H2;1-2H3. The number of hydrogen-bond acceptors (Lipinski definition) is 1. The minimum absolute atomic E-state index is 0.160. The average molecular weight is 285 g/mol. The fraction of sp³-hybridized carbons (Fsp3) is 0.400. The van der Waals surface area contributed by atoms with Crippen LogP contribution in [-0.4, -0.2) is 6.36 Å². The Balaban J connectivity index is 0.000000921. The Morgan fingerprint density at radius 1 is 1.20 bits per heavy atom. The maximum absolute atomic E-state index is 11.8. The van der Waals surface area contributed by atoms with E-state index in [2.05, 4.69) is 20.7 Å². The Kier molecular flexibility index (Phi) is 6.40. The molecule has 1 rings (SSSR count). The van der Waals surface area contributed by atoms with Crippen molar-refractivity contribution in [3.05, 3.63) is 29.8 Å². The quantitative estimate of drug-likeness (QED) is 0.727. The molecule has 15 heavy (non-hydrogen) atoms. The fourth-order valence-corrected chi connectivity index (χ4v) is 1.30. The second kappa shape index (κ2) is 6.71. The molecule has 1 aromatic rings. The molecule has 0 atom stereocenters. The van der Waals surface area contributed by atoms with Gasteiger partial charge in [0, 0.05) is 10.9 Å². The molecule has 0 aliphatic carbocycles. The van der Waals surface area contributed by atoms with Gasteiger partial charge in [-0.15, -0.1) is 13.2 Å². The predicted octanol–water partition coefficient (Wildman–Crippen LogP) is 4.51. The molecule has 0 bridgehead atoms. The van der Waals surface area contributed by atoms with E-state index in [4.69, 9.17) is 0 Å². The van der Waals surface area contributed by atoms with Crippen molar-refractivity contribution >= 4 is 15.9 Å². The molecule has 0 heterocycles. The van der Waals surface area contributed by atoms with E-state index < -0.39 is 6.36 Å². The first-order valence-electron chi connectivity index (χ1n) is 4.42. The van der Waals surface area contributed by atoms with Crippen LogP contribution in [0.25, 0.3) is 0 Å². The summed E-state index contributed by atoms with van der Waals surface area (Å²) in [7, 11) is 0. The molecule has 0 fully saturated rings. The van der Waals surface area contributed by atoms with Crippen molar-refractivity contribution < 1.29 is 17.9 Å². The minimum Gasteiger partial charge on any atom is -0.405 e. The summed E-state index contributed by atoms with van der Waals surface area (Å²) >= 11 is 3.07. The van der Waals surface area contributed by atoms with Crippen molar-refractivity contribution in [3.63, 3.8) is 0 Å². The Hall–Kier alpha value is -0.710. The van der Waals surface area contributed by atoms with E-state index in [1.54, 1.807) is 12.1 Å². The zero-order valence-electron chi connectivity index (χ0n) is 8.44. The molecule has 5 heteroatoms. The first-order chi connectivity index (χ1) is 7.03. The van der Waals surface area contributed by atoms with Gasteiger partial charge in [0.05, 0.1) is 0 Å². The number of halogens is 4. The topological polar surface area (TPSA) is 9.23 Å². The van der Waals surface area contributed by atoms with Crippen LogP contribution in [0.15, 0.2) is 24.3 Å². The van der Waals surface area contributed by atoms with Crippen LogP contribution in [0.1, 0.15) is 19.4 Å². The second-order valence-corrected chi connectivity index (χ2v) is 2.85. The van der Waals surface area contributed by atoms with Gasteiger partial charge in [-0.05, 0) is 6.07 Å². The van der Waals surface area contributed by atoms with Crippen LogP contribution in [0.5, 0.6) is 5.75 Å². The molecule has 0 saturated heterocycles. The van der Waals surface area contributed by atoms with Gasteiger partial charge in [-0.25, -0.2) is 0 Å². The van der Waals surface area contributed by atoms with E-state index in [0.717, 1.165) is 0 Å². The minimum atomic E-state index is -4.63. The normalized spacial score (nSPS) is 10.3. The van der Waals surface area contributed by atoms with E-state index >= 15 is 0 Å². The Bertz CT molecular complexity index is 286. The van der Waals surface area contributed by atoms with Gasteiger partial charge < -0.3 is 4.74 Å². The summed E-state index contributed by atoms with van der Waals surface area (Å²) in [6.45, 7) is 4.00. The number of benzene rings is 1. The highest BCUT2D eigenvalue weighted by Crippen LogP contribution is 2.27. The van der Waals surface area contributed by atoms with E-state index in [1.165, 1.54) is 12.1 Å². The summed E-state index contributed by atoms with van der Waals surface area (Å²) < 4.78 is 39.3. The van der Waals surface area contributed by atoms with Crippen LogP contribution in [-0.2, 0) is 5.33 Å². The summed E-state index contributed by atoms with van der Waals surface area (Å²) in [5.41, 5.74) is 0.472. The van der Waals surface area contributed by atoms with Gasteiger partial charge in [-0.3, -0.25) is 0 Å². The summed E-state index contributed by atoms with van der Waals surface area (Å²) in [6, 6.07) is 5.99. The van der Waals surface area contributed by atoms with E-state index in [0.29, 0.717) is 10.9 Å². The van der Waals surface area contributed by atoms with Crippen LogP contribution >= 0.6 is 15.9 Å². The molecular formula is C10H12BrF3O. The Labute approximate surface area is 95.4 Å². The van der Waals surface area contributed by atoms with Crippen molar-refractivity contribution in [1.82, 2.24) is 0 Å². The maximum atomic E-state index is 11.8. The molecular weight excluding hydrogens is 273 g/mol. The largest absolute Gasteiger partial charge is 0.573 e. The molecule has 0 aliphatic heterocycles. The summed E-state index contributed by atoms with van der Waals surface area (Å²) in [6.07, 6.45) is -4.63. The van der Waals surface area contributed by atoms with E-state index in [1.807, 2.05) is 13.8 Å². The molecule has 0 N–H and O–H groups in total. The van der Waals surface area contributed by atoms with Crippen molar-refractivity contribution in [2.45, 2.75) is 25.5 Å². The zero-order chi connectivity index (χ0) is 11.9. The van der Waals surface area contributed by atoms with Gasteiger partial charge in [0.15, 0.2) is 0 Å². The van der Waals surface area contributed by atoms with Gasteiger partial charge >= 0.3 is 6.36 Å². The zero-order valence-corrected chi connectivity index (χ0v) is 10.0. The summed E-state index contributed by atoms with van der Waals surface area (Å²) in [5.74, 6) is -0.160. The first kappa shape index (κ1) is 14.3. The third kappa shape index (κ3) is 5.67. The highest BCUT2D eigenvalue weighted by atomic mass is 79.9. The molecule has 0 aromatic heterocycles. The number of para-hydroxylation sites is 1. The molecule has 0 spiro atoms. The summed E-state index contributed by atoms with van der Waals surface area (Å²) in [5, 5.41) is 0.333. The molecule has 1 nitrogen and oxygen atoms in total. The lowest BCUT2D eigenvalue weighted by Gasteiger charge is -2.11. The molecule has 0 saturated carbocycles. The van der Waals surface area contributed by atoms with Crippen molar-refractivity contribution in [3.8, 4) is 5.75 Å². The predicted molar refractivity (Wildman–Crippen MR) is 57.1 cm³/mol. The number of alkyl halides is 4. The maximum Gasteiger partial charge on any atom is 0.573 e. The summed E-state index contributed by atoms with van der Waals surface area (Å²) in [4.78, 5) is 0. The van der Waals surface area contributed by atoms with Gasteiger partial charge in [0.1, 0.15) is 5.75 Å². The van der Waals surface area contributed by atoms with Gasteiger partial charge in [0.25, 0.3) is 0 Å². The van der Waals surface area contributed by atoms with Crippen molar-refractivity contribution in [2.75, 3.05) is 0 Å². The van der Waals surface area contributed by atoms with E-state index in [-0.39, 0.29) is 5.75 Å². The first-order valence-corrected chi connectivity index (χ1v) is 5.54. The molecule has 86 valence electrons. The lowest BCUT2D eigenvalue weighted by molar-refractivity contribution is -0.274. The number of rotatable bonds is 2. The fourth-order valence-electron chi connectivity index (χ4n) is 0.838. The smallest absolute Gasteiger partial charge is 0.405 e. The van der Waals surface area contributed by atoms with E-state index in [9.17, 15) is 13.2 Å². The number of ether oxygens (including phenoxy) is 1. The molecule has 1 aromatic carbocycles. The van der Waals surface area contributed by atoms with Gasteiger partial charge in [-0.2, -0.15) is 0 Å². The van der Waals surface area contributed by atoms with Crippen LogP contribution in [0.2, 0.25) is 0 Å².